The van der Waals surface area contributed by atoms with Crippen LogP contribution in [0.4, 0.5) is 5.69 Å². The van der Waals surface area contributed by atoms with Crippen LogP contribution in [0.1, 0.15) is 19.0 Å². The molecule has 1 N–H and O–H groups in total. The molecule has 1 fully saturated rings. The van der Waals surface area contributed by atoms with E-state index in [9.17, 15) is 9.90 Å². The zero-order valence-corrected chi connectivity index (χ0v) is 21.3. The van der Waals surface area contributed by atoms with E-state index in [0.29, 0.717) is 6.04 Å². The van der Waals surface area contributed by atoms with Crippen LogP contribution in [0.15, 0.2) is 102 Å². The number of likely N-dealkylation sites (tertiary alicyclic amines) is 1. The van der Waals surface area contributed by atoms with Crippen LogP contribution in [0.25, 0.3) is 11.1 Å². The number of aliphatic imine (C=N–C) groups is 1. The summed E-state index contributed by atoms with van der Waals surface area (Å²) < 4.78 is 0. The SMILES string of the molecule is C\C(=N/C=C\C=C\N(C=O)c1ccc(-c2ccccc2)cc1)N(C)C1CCN(Cc2ccc(O)cn2)C1. The summed E-state index contributed by atoms with van der Waals surface area (Å²) in [6.45, 7) is 4.71. The number of pyridine rings is 1. The molecule has 0 saturated carbocycles. The van der Waals surface area contributed by atoms with Gasteiger partial charge in [0.05, 0.1) is 11.9 Å². The minimum absolute atomic E-state index is 0.189. The molecule has 1 aliphatic heterocycles. The highest BCUT2D eigenvalue weighted by atomic mass is 16.3. The first-order valence-electron chi connectivity index (χ1n) is 12.4. The summed E-state index contributed by atoms with van der Waals surface area (Å²) in [7, 11) is 2.07. The predicted octanol–water partition coefficient (Wildman–Crippen LogP) is 5.07. The second-order valence-electron chi connectivity index (χ2n) is 9.08. The lowest BCUT2D eigenvalue weighted by Crippen LogP contribution is -2.37. The molecule has 0 aliphatic carbocycles. The number of likely N-dealkylation sites (N-methyl/N-ethyl adjacent to an activating group) is 1. The van der Waals surface area contributed by atoms with Crippen LogP contribution in [0.5, 0.6) is 5.75 Å². The van der Waals surface area contributed by atoms with Gasteiger partial charge in [0.25, 0.3) is 0 Å². The number of benzene rings is 2. The fourth-order valence-corrected chi connectivity index (χ4v) is 4.35. The first kappa shape index (κ1) is 25.9. The van der Waals surface area contributed by atoms with Crippen LogP contribution in [-0.4, -0.2) is 58.3 Å². The molecular formula is C30H33N5O2. The van der Waals surface area contributed by atoms with E-state index in [1.807, 2.05) is 61.5 Å². The molecule has 0 bridgehead atoms. The minimum atomic E-state index is 0.189. The summed E-state index contributed by atoms with van der Waals surface area (Å²) in [5, 5.41) is 9.41. The Morgan fingerprint density at radius 1 is 1.08 bits per heavy atom. The van der Waals surface area contributed by atoms with E-state index >= 15 is 0 Å². The van der Waals surface area contributed by atoms with Crippen molar-refractivity contribution < 1.29 is 9.90 Å². The van der Waals surface area contributed by atoms with Crippen molar-refractivity contribution in [3.05, 3.63) is 103 Å². The second kappa shape index (κ2) is 12.6. The number of carbonyl (C=O) groups is 1. The highest BCUT2D eigenvalue weighted by Gasteiger charge is 2.26. The summed E-state index contributed by atoms with van der Waals surface area (Å²) >= 11 is 0. The molecule has 2 heterocycles. The van der Waals surface area contributed by atoms with Gasteiger partial charge in [-0.05, 0) is 60.9 Å². The lowest BCUT2D eigenvalue weighted by Gasteiger charge is -2.26. The van der Waals surface area contributed by atoms with E-state index in [4.69, 9.17) is 0 Å². The van der Waals surface area contributed by atoms with E-state index in [2.05, 4.69) is 39.0 Å². The lowest BCUT2D eigenvalue weighted by atomic mass is 10.1. The molecule has 190 valence electrons. The van der Waals surface area contributed by atoms with Crippen LogP contribution in [0.3, 0.4) is 0 Å². The Hall–Kier alpha value is -4.23. The first-order chi connectivity index (χ1) is 18.0. The van der Waals surface area contributed by atoms with Crippen molar-refractivity contribution in [2.45, 2.75) is 25.9 Å². The van der Waals surface area contributed by atoms with Crippen molar-refractivity contribution in [3.63, 3.8) is 0 Å². The molecule has 7 heteroatoms. The fraction of sp³-hybridized carbons (Fsp3) is 0.233. The zero-order valence-electron chi connectivity index (χ0n) is 21.3. The topological polar surface area (TPSA) is 72.3 Å². The number of carbonyl (C=O) groups excluding carboxylic acids is 1. The van der Waals surface area contributed by atoms with E-state index in [1.54, 1.807) is 24.5 Å². The summed E-state index contributed by atoms with van der Waals surface area (Å²) in [4.78, 5) is 26.6. The van der Waals surface area contributed by atoms with Crippen molar-refractivity contribution in [1.29, 1.82) is 0 Å². The van der Waals surface area contributed by atoms with Gasteiger partial charge in [0.2, 0.25) is 6.41 Å². The summed E-state index contributed by atoms with van der Waals surface area (Å²) in [6, 6.07) is 22.0. The number of amidine groups is 1. The Labute approximate surface area is 218 Å². The van der Waals surface area contributed by atoms with Crippen LogP contribution in [-0.2, 0) is 11.3 Å². The standard InChI is InChI=1S/C30H33N5O2/c1-24(33(2)29-16-19-34(22-29)21-27-12-15-30(37)20-32-27)31-17-6-7-18-35(23-36)28-13-10-26(11-14-28)25-8-4-3-5-9-25/h3-15,17-18,20,23,29,37H,16,19,21-22H2,1-2H3/b17-6-,18-7+,31-24+. The number of aromatic hydroxyl groups is 1. The monoisotopic (exact) mass is 495 g/mol. The number of nitrogens with zero attached hydrogens (tertiary/aromatic N) is 5. The largest absolute Gasteiger partial charge is 0.506 e. The van der Waals surface area contributed by atoms with Gasteiger partial charge in [-0.1, -0.05) is 42.5 Å². The van der Waals surface area contributed by atoms with Crippen molar-refractivity contribution in [2.24, 2.45) is 4.99 Å². The van der Waals surface area contributed by atoms with Gasteiger partial charge < -0.3 is 10.0 Å². The molecule has 1 saturated heterocycles. The van der Waals surface area contributed by atoms with Crippen LogP contribution < -0.4 is 4.90 Å². The number of hydrogen-bond acceptors (Lipinski definition) is 5. The molecule has 3 aromatic rings. The number of anilines is 1. The molecule has 7 nitrogen and oxygen atoms in total. The van der Waals surface area contributed by atoms with Gasteiger partial charge in [0.15, 0.2) is 0 Å². The number of amides is 1. The molecule has 2 aromatic carbocycles. The van der Waals surface area contributed by atoms with Gasteiger partial charge in [-0.15, -0.1) is 0 Å². The smallest absolute Gasteiger partial charge is 0.218 e. The fourth-order valence-electron chi connectivity index (χ4n) is 4.35. The Bertz CT molecular complexity index is 1240. The highest BCUT2D eigenvalue weighted by molar-refractivity contribution is 5.80. The molecule has 37 heavy (non-hydrogen) atoms. The molecule has 1 aromatic heterocycles. The third-order valence-corrected chi connectivity index (χ3v) is 6.59. The quantitative estimate of drug-likeness (QED) is 0.194. The summed E-state index contributed by atoms with van der Waals surface area (Å²) in [6.07, 6.45) is 10.4. The van der Waals surface area contributed by atoms with Gasteiger partial charge in [0, 0.05) is 50.8 Å². The van der Waals surface area contributed by atoms with Gasteiger partial charge in [0.1, 0.15) is 11.6 Å². The Morgan fingerprint density at radius 3 is 2.54 bits per heavy atom. The maximum Gasteiger partial charge on any atom is 0.218 e. The van der Waals surface area contributed by atoms with Gasteiger partial charge in [-0.25, -0.2) is 4.99 Å². The van der Waals surface area contributed by atoms with Crippen molar-refractivity contribution >= 4 is 17.9 Å². The third kappa shape index (κ3) is 7.15. The molecule has 0 spiro atoms. The van der Waals surface area contributed by atoms with Crippen molar-refractivity contribution in [3.8, 4) is 16.9 Å². The minimum Gasteiger partial charge on any atom is -0.506 e. The van der Waals surface area contributed by atoms with Gasteiger partial charge >= 0.3 is 0 Å². The second-order valence-corrected chi connectivity index (χ2v) is 9.08. The van der Waals surface area contributed by atoms with Crippen molar-refractivity contribution in [2.75, 3.05) is 25.0 Å². The Kier molecular flexibility index (Phi) is 8.84. The molecule has 1 amide bonds. The average molecular weight is 496 g/mol. The van der Waals surface area contributed by atoms with E-state index in [-0.39, 0.29) is 5.75 Å². The normalized spacial score (nSPS) is 16.5. The maximum atomic E-state index is 11.6. The average Bonchev–Trinajstić information content (AvgIpc) is 3.40. The molecule has 4 rings (SSSR count). The van der Waals surface area contributed by atoms with E-state index < -0.39 is 0 Å². The molecule has 1 unspecified atom stereocenters. The first-order valence-corrected chi connectivity index (χ1v) is 12.4. The zero-order chi connectivity index (χ0) is 26.0. The highest BCUT2D eigenvalue weighted by Crippen LogP contribution is 2.23. The predicted molar refractivity (Wildman–Crippen MR) is 149 cm³/mol. The Morgan fingerprint density at radius 2 is 1.84 bits per heavy atom. The third-order valence-electron chi connectivity index (χ3n) is 6.59. The number of rotatable bonds is 9. The van der Waals surface area contributed by atoms with Gasteiger partial charge in [-0.2, -0.15) is 0 Å². The molecule has 0 radical (unpaired) electrons. The number of allylic oxidation sites excluding steroid dienone is 2. The van der Waals surface area contributed by atoms with Crippen molar-refractivity contribution in [1.82, 2.24) is 14.8 Å². The van der Waals surface area contributed by atoms with Gasteiger partial charge in [-0.3, -0.25) is 19.6 Å². The van der Waals surface area contributed by atoms with E-state index in [1.165, 1.54) is 11.1 Å². The lowest BCUT2D eigenvalue weighted by molar-refractivity contribution is -0.106. The molecule has 1 aliphatic rings. The summed E-state index contributed by atoms with van der Waals surface area (Å²) in [5.74, 6) is 1.12. The maximum absolute atomic E-state index is 11.6. The van der Waals surface area contributed by atoms with E-state index in [0.717, 1.165) is 60.8 Å². The van der Waals surface area contributed by atoms with Crippen LogP contribution in [0.2, 0.25) is 0 Å². The number of aromatic nitrogens is 1. The molecule has 1 atom stereocenters. The number of hydrogen-bond donors (Lipinski definition) is 1. The Balaban J connectivity index is 1.28. The summed E-state index contributed by atoms with van der Waals surface area (Å²) in [5.41, 5.74) is 4.00. The van der Waals surface area contributed by atoms with Crippen LogP contribution >= 0.6 is 0 Å². The molecular weight excluding hydrogens is 462 g/mol. The van der Waals surface area contributed by atoms with Crippen LogP contribution in [0, 0.1) is 0 Å².